The number of nitrogens with two attached hydrogens (primary N) is 1. The zero-order valence-corrected chi connectivity index (χ0v) is 15.5. The van der Waals surface area contributed by atoms with Gasteiger partial charge in [-0.05, 0) is 33.6 Å². The second-order valence-electron chi connectivity index (χ2n) is 5.87. The fraction of sp³-hybridized carbons (Fsp3) is 0.688. The highest BCUT2D eigenvalue weighted by Crippen LogP contribution is 2.16. The molecule has 1 amide bonds. The van der Waals surface area contributed by atoms with Gasteiger partial charge in [-0.1, -0.05) is 0 Å². The number of aryl methyl sites for hydroxylation is 2. The summed E-state index contributed by atoms with van der Waals surface area (Å²) < 4.78 is 5.02. The summed E-state index contributed by atoms with van der Waals surface area (Å²) in [6.07, 6.45) is 2.27. The molecule has 7 nitrogen and oxygen atoms in total. The van der Waals surface area contributed by atoms with E-state index in [0.29, 0.717) is 32.2 Å². The Morgan fingerprint density at radius 1 is 1.46 bits per heavy atom. The van der Waals surface area contributed by atoms with Gasteiger partial charge in [-0.25, -0.2) is 9.78 Å². The van der Waals surface area contributed by atoms with Crippen LogP contribution in [0.1, 0.15) is 35.3 Å². The van der Waals surface area contributed by atoms with E-state index in [-0.39, 0.29) is 12.1 Å². The molecule has 1 aliphatic heterocycles. The molecule has 24 heavy (non-hydrogen) atoms. The number of aromatic nitrogens is 1. The van der Waals surface area contributed by atoms with Crippen molar-refractivity contribution in [3.63, 3.8) is 0 Å². The number of carbonyl (C=O) groups excluding carboxylic acids is 1. The third kappa shape index (κ3) is 5.36. The van der Waals surface area contributed by atoms with Crippen LogP contribution in [0.15, 0.2) is 4.99 Å². The number of nitrogens with one attached hydrogen (secondary N) is 1. The van der Waals surface area contributed by atoms with E-state index in [4.69, 9.17) is 10.5 Å². The van der Waals surface area contributed by atoms with E-state index in [1.54, 1.807) is 16.2 Å². The number of aliphatic imine (C=N–C) groups is 1. The Morgan fingerprint density at radius 3 is 2.75 bits per heavy atom. The molecule has 0 bridgehead atoms. The first kappa shape index (κ1) is 18.5. The van der Waals surface area contributed by atoms with Crippen molar-refractivity contribution in [1.82, 2.24) is 15.2 Å². The maximum atomic E-state index is 11.7. The summed E-state index contributed by atoms with van der Waals surface area (Å²) in [5.74, 6) is 0.467. The first-order chi connectivity index (χ1) is 11.5. The molecule has 0 aromatic carbocycles. The van der Waals surface area contributed by atoms with Crippen molar-refractivity contribution < 1.29 is 9.53 Å². The summed E-state index contributed by atoms with van der Waals surface area (Å²) >= 11 is 1.72. The molecule has 0 unspecified atom stereocenters. The second-order valence-corrected chi connectivity index (χ2v) is 7.16. The van der Waals surface area contributed by atoms with Gasteiger partial charge in [0.1, 0.15) is 0 Å². The lowest BCUT2D eigenvalue weighted by Crippen LogP contribution is -2.48. The third-order valence-corrected chi connectivity index (χ3v) is 5.19. The van der Waals surface area contributed by atoms with Gasteiger partial charge in [-0.3, -0.25) is 4.99 Å². The second kappa shape index (κ2) is 8.86. The molecule has 8 heteroatoms. The minimum absolute atomic E-state index is 0.230. The van der Waals surface area contributed by atoms with Gasteiger partial charge in [0, 0.05) is 37.0 Å². The van der Waals surface area contributed by atoms with Crippen LogP contribution in [0.4, 0.5) is 4.79 Å². The number of amides is 1. The van der Waals surface area contributed by atoms with Crippen LogP contribution in [0.3, 0.4) is 0 Å². The summed E-state index contributed by atoms with van der Waals surface area (Å²) in [5.41, 5.74) is 7.06. The van der Waals surface area contributed by atoms with Gasteiger partial charge in [0.25, 0.3) is 0 Å². The topological polar surface area (TPSA) is 92.8 Å². The normalized spacial score (nSPS) is 16.3. The molecule has 0 atom stereocenters. The van der Waals surface area contributed by atoms with E-state index >= 15 is 0 Å². The van der Waals surface area contributed by atoms with Gasteiger partial charge in [0.05, 0.1) is 17.3 Å². The smallest absolute Gasteiger partial charge is 0.409 e. The monoisotopic (exact) mass is 353 g/mol. The average Bonchev–Trinajstić information content (AvgIpc) is 2.86. The maximum absolute atomic E-state index is 11.7. The molecule has 2 rings (SSSR count). The first-order valence-electron chi connectivity index (χ1n) is 8.40. The number of piperidine rings is 1. The SMILES string of the molecule is CCOC(=O)N1CCC(NC(N)=NCCc2nc(C)c(C)s2)CC1. The summed E-state index contributed by atoms with van der Waals surface area (Å²) in [4.78, 5) is 23.5. The van der Waals surface area contributed by atoms with Gasteiger partial charge >= 0.3 is 6.09 Å². The predicted molar refractivity (Wildman–Crippen MR) is 96.5 cm³/mol. The van der Waals surface area contributed by atoms with Crippen molar-refractivity contribution >= 4 is 23.4 Å². The number of ether oxygens (including phenoxy) is 1. The fourth-order valence-electron chi connectivity index (χ4n) is 2.59. The number of likely N-dealkylation sites (tertiary alicyclic amines) is 1. The number of guanidine groups is 1. The highest BCUT2D eigenvalue weighted by atomic mass is 32.1. The lowest BCUT2D eigenvalue weighted by atomic mass is 10.1. The molecule has 1 fully saturated rings. The molecular weight excluding hydrogens is 326 g/mol. The van der Waals surface area contributed by atoms with Crippen LogP contribution in [0.5, 0.6) is 0 Å². The van der Waals surface area contributed by atoms with Crippen molar-refractivity contribution in [2.75, 3.05) is 26.2 Å². The Hall–Kier alpha value is -1.83. The molecule has 0 radical (unpaired) electrons. The minimum atomic E-state index is -0.230. The van der Waals surface area contributed by atoms with Crippen LogP contribution in [0, 0.1) is 13.8 Å². The highest BCUT2D eigenvalue weighted by Gasteiger charge is 2.23. The predicted octanol–water partition coefficient (Wildman–Crippen LogP) is 1.83. The number of hydrogen-bond acceptors (Lipinski definition) is 5. The number of hydrogen-bond donors (Lipinski definition) is 2. The number of rotatable bonds is 5. The largest absolute Gasteiger partial charge is 0.450 e. The number of thiazole rings is 1. The van der Waals surface area contributed by atoms with E-state index < -0.39 is 0 Å². The van der Waals surface area contributed by atoms with Crippen molar-refractivity contribution in [2.45, 2.75) is 46.1 Å². The van der Waals surface area contributed by atoms with Crippen molar-refractivity contribution in [2.24, 2.45) is 10.7 Å². The fourth-order valence-corrected chi connectivity index (χ4v) is 3.52. The molecule has 0 aliphatic carbocycles. The number of carbonyl (C=O) groups is 1. The standard InChI is InChI=1S/C16H27N5O2S/c1-4-23-16(22)21-9-6-13(7-10-21)20-15(17)18-8-5-14-19-11(2)12(3)24-14/h13H,4-10H2,1-3H3,(H3,17,18,20). The van der Waals surface area contributed by atoms with E-state index in [1.807, 2.05) is 13.8 Å². The molecule has 1 saturated heterocycles. The average molecular weight is 353 g/mol. The van der Waals surface area contributed by atoms with Crippen molar-refractivity contribution in [3.8, 4) is 0 Å². The zero-order valence-electron chi connectivity index (χ0n) is 14.7. The van der Waals surface area contributed by atoms with Gasteiger partial charge < -0.3 is 20.7 Å². The Kier molecular flexibility index (Phi) is 6.84. The van der Waals surface area contributed by atoms with Crippen LogP contribution in [0.2, 0.25) is 0 Å². The molecule has 2 heterocycles. The summed E-state index contributed by atoms with van der Waals surface area (Å²) in [6.45, 7) is 8.33. The highest BCUT2D eigenvalue weighted by molar-refractivity contribution is 7.11. The molecule has 134 valence electrons. The van der Waals surface area contributed by atoms with Crippen LogP contribution >= 0.6 is 11.3 Å². The van der Waals surface area contributed by atoms with Crippen molar-refractivity contribution in [1.29, 1.82) is 0 Å². The lowest BCUT2D eigenvalue weighted by Gasteiger charge is -2.31. The van der Waals surface area contributed by atoms with E-state index in [9.17, 15) is 4.79 Å². The van der Waals surface area contributed by atoms with Crippen LogP contribution in [-0.4, -0.2) is 54.2 Å². The molecule has 3 N–H and O–H groups in total. The van der Waals surface area contributed by atoms with E-state index in [2.05, 4.69) is 22.2 Å². The Bertz CT molecular complexity index is 560. The molecular formula is C16H27N5O2S. The van der Waals surface area contributed by atoms with Gasteiger partial charge in [-0.2, -0.15) is 0 Å². The molecule has 1 aliphatic rings. The Balaban J connectivity index is 1.70. The number of nitrogens with zero attached hydrogens (tertiary/aromatic N) is 3. The maximum Gasteiger partial charge on any atom is 0.409 e. The van der Waals surface area contributed by atoms with Crippen LogP contribution in [0.25, 0.3) is 0 Å². The van der Waals surface area contributed by atoms with Crippen LogP contribution < -0.4 is 11.1 Å². The summed E-state index contributed by atoms with van der Waals surface area (Å²) in [6, 6.07) is 0.253. The van der Waals surface area contributed by atoms with Gasteiger partial charge in [0.2, 0.25) is 0 Å². The molecule has 0 saturated carbocycles. The lowest BCUT2D eigenvalue weighted by molar-refractivity contribution is 0.0963. The quantitative estimate of drug-likeness (QED) is 0.622. The minimum Gasteiger partial charge on any atom is -0.450 e. The van der Waals surface area contributed by atoms with E-state index in [1.165, 1.54) is 4.88 Å². The zero-order chi connectivity index (χ0) is 17.5. The van der Waals surface area contributed by atoms with Crippen LogP contribution in [-0.2, 0) is 11.2 Å². The van der Waals surface area contributed by atoms with Gasteiger partial charge in [0.15, 0.2) is 5.96 Å². The third-order valence-electron chi connectivity index (χ3n) is 4.05. The summed E-state index contributed by atoms with van der Waals surface area (Å²) in [5, 5.41) is 4.35. The molecule has 0 spiro atoms. The van der Waals surface area contributed by atoms with Gasteiger partial charge in [-0.15, -0.1) is 11.3 Å². The van der Waals surface area contributed by atoms with E-state index in [0.717, 1.165) is 30.0 Å². The van der Waals surface area contributed by atoms with Crippen molar-refractivity contribution in [3.05, 3.63) is 15.6 Å². The first-order valence-corrected chi connectivity index (χ1v) is 9.22. The molecule has 1 aromatic rings. The Labute approximate surface area is 147 Å². The molecule has 1 aromatic heterocycles. The summed E-state index contributed by atoms with van der Waals surface area (Å²) in [7, 11) is 0. The Morgan fingerprint density at radius 2 is 2.17 bits per heavy atom.